The molecule has 1 fully saturated rings. The van der Waals surface area contributed by atoms with Crippen LogP contribution in [0.25, 0.3) is 0 Å². The molecule has 0 aromatic carbocycles. The lowest BCUT2D eigenvalue weighted by Crippen LogP contribution is -2.23. The second-order valence-electron chi connectivity index (χ2n) is 8.47. The number of nitrogens with zero attached hydrogens (tertiary/aromatic N) is 2. The zero-order valence-electron chi connectivity index (χ0n) is 18.1. The Morgan fingerprint density at radius 1 is 1.31 bits per heavy atom. The van der Waals surface area contributed by atoms with Crippen molar-refractivity contribution >= 4 is 28.2 Å². The smallest absolute Gasteiger partial charge is 0.435 e. The van der Waals surface area contributed by atoms with Crippen LogP contribution in [0.15, 0.2) is 6.07 Å². The fourth-order valence-corrected chi connectivity index (χ4v) is 5.19. The Morgan fingerprint density at radius 3 is 2.69 bits per heavy atom. The van der Waals surface area contributed by atoms with Gasteiger partial charge >= 0.3 is 12.1 Å². The van der Waals surface area contributed by atoms with Crippen LogP contribution >= 0.6 is 11.3 Å². The fraction of sp³-hybridized carbons (Fsp3) is 0.591. The molecule has 4 rings (SSSR count). The maximum absolute atomic E-state index is 13.1. The molecule has 2 aromatic heterocycles. The third-order valence-electron chi connectivity index (χ3n) is 5.90. The van der Waals surface area contributed by atoms with Crippen LogP contribution in [0.2, 0.25) is 0 Å². The Bertz CT molecular complexity index is 1020. The number of aryl methyl sites for hydroxylation is 1. The van der Waals surface area contributed by atoms with E-state index >= 15 is 0 Å². The SMILES string of the molecule is CCC(C)OC(=O)c1c(NC(=O)Cn2nc(C(F)(F)F)cc2C2CC2)sc2c1CCCC2. The van der Waals surface area contributed by atoms with E-state index < -0.39 is 23.7 Å². The molecule has 6 nitrogen and oxygen atoms in total. The topological polar surface area (TPSA) is 73.2 Å². The number of rotatable bonds is 7. The average Bonchev–Trinajstić information content (AvgIpc) is 3.37. The van der Waals surface area contributed by atoms with E-state index in [1.807, 2.05) is 13.8 Å². The van der Waals surface area contributed by atoms with E-state index in [1.165, 1.54) is 11.3 Å². The molecule has 0 aliphatic heterocycles. The molecule has 2 aromatic rings. The molecule has 2 aliphatic rings. The lowest BCUT2D eigenvalue weighted by molar-refractivity contribution is -0.141. The highest BCUT2D eigenvalue weighted by Gasteiger charge is 2.38. The first-order valence-corrected chi connectivity index (χ1v) is 11.8. The summed E-state index contributed by atoms with van der Waals surface area (Å²) >= 11 is 1.35. The summed E-state index contributed by atoms with van der Waals surface area (Å²) in [6, 6.07) is 1.03. The van der Waals surface area contributed by atoms with Gasteiger partial charge in [-0.3, -0.25) is 9.48 Å². The van der Waals surface area contributed by atoms with Gasteiger partial charge in [0.2, 0.25) is 5.91 Å². The number of amides is 1. The van der Waals surface area contributed by atoms with Crippen LogP contribution in [-0.2, 0) is 35.1 Å². The maximum Gasteiger partial charge on any atom is 0.435 e. The van der Waals surface area contributed by atoms with Gasteiger partial charge in [0.05, 0.1) is 11.7 Å². The molecule has 0 saturated heterocycles. The van der Waals surface area contributed by atoms with Gasteiger partial charge in [0.25, 0.3) is 0 Å². The monoisotopic (exact) mass is 469 g/mol. The van der Waals surface area contributed by atoms with Gasteiger partial charge in [0.15, 0.2) is 5.69 Å². The summed E-state index contributed by atoms with van der Waals surface area (Å²) in [5.74, 6) is -0.979. The van der Waals surface area contributed by atoms with Crippen molar-refractivity contribution in [3.05, 3.63) is 33.5 Å². The number of carbonyl (C=O) groups is 2. The van der Waals surface area contributed by atoms with Gasteiger partial charge in [-0.25, -0.2) is 4.79 Å². The van der Waals surface area contributed by atoms with Crippen LogP contribution in [0, 0.1) is 0 Å². The Balaban J connectivity index is 1.57. The molecule has 1 saturated carbocycles. The van der Waals surface area contributed by atoms with E-state index in [2.05, 4.69) is 10.4 Å². The first-order valence-electron chi connectivity index (χ1n) is 11.0. The number of esters is 1. The van der Waals surface area contributed by atoms with Crippen molar-refractivity contribution in [1.29, 1.82) is 0 Å². The fourth-order valence-electron chi connectivity index (χ4n) is 3.90. The predicted octanol–water partition coefficient (Wildman–Crippen LogP) is 5.31. The van der Waals surface area contributed by atoms with Gasteiger partial charge < -0.3 is 10.1 Å². The molecule has 32 heavy (non-hydrogen) atoms. The second kappa shape index (κ2) is 8.88. The number of ether oxygens (including phenoxy) is 1. The molecule has 1 unspecified atom stereocenters. The number of anilines is 1. The summed E-state index contributed by atoms with van der Waals surface area (Å²) in [5, 5.41) is 6.81. The summed E-state index contributed by atoms with van der Waals surface area (Å²) in [5.41, 5.74) is 0.741. The largest absolute Gasteiger partial charge is 0.459 e. The van der Waals surface area contributed by atoms with Crippen LogP contribution in [0.5, 0.6) is 0 Å². The van der Waals surface area contributed by atoms with Gasteiger partial charge in [-0.05, 0) is 63.5 Å². The summed E-state index contributed by atoms with van der Waals surface area (Å²) in [7, 11) is 0. The summed E-state index contributed by atoms with van der Waals surface area (Å²) in [4.78, 5) is 26.7. The third kappa shape index (κ3) is 4.84. The summed E-state index contributed by atoms with van der Waals surface area (Å²) in [6.07, 6.45) is 0.970. The number of alkyl halides is 3. The molecule has 174 valence electrons. The number of hydrogen-bond donors (Lipinski definition) is 1. The van der Waals surface area contributed by atoms with E-state index in [9.17, 15) is 22.8 Å². The van der Waals surface area contributed by atoms with Gasteiger partial charge in [0, 0.05) is 16.5 Å². The number of hydrogen-bond acceptors (Lipinski definition) is 5. The van der Waals surface area contributed by atoms with E-state index in [4.69, 9.17) is 4.74 Å². The molecule has 2 aliphatic carbocycles. The van der Waals surface area contributed by atoms with Crippen molar-refractivity contribution in [2.24, 2.45) is 0 Å². The number of fused-ring (bicyclic) bond motifs is 1. The van der Waals surface area contributed by atoms with Gasteiger partial charge in [-0.15, -0.1) is 11.3 Å². The minimum absolute atomic E-state index is 0.00141. The number of thiophene rings is 1. The third-order valence-corrected chi connectivity index (χ3v) is 7.11. The number of nitrogens with one attached hydrogen (secondary N) is 1. The normalized spacial score (nSPS) is 17.0. The zero-order chi connectivity index (χ0) is 23.0. The highest BCUT2D eigenvalue weighted by molar-refractivity contribution is 7.17. The standard InChI is InChI=1S/C22H26F3N3O3S/c1-3-12(2)31-21(30)19-14-6-4-5-7-16(14)32-20(19)26-18(29)11-28-15(13-8-9-13)10-17(27-28)22(23,24)25/h10,12-13H,3-9,11H2,1-2H3,(H,26,29). The van der Waals surface area contributed by atoms with Crippen molar-refractivity contribution in [3.63, 3.8) is 0 Å². The van der Waals surface area contributed by atoms with Gasteiger partial charge in [-0.1, -0.05) is 6.92 Å². The Morgan fingerprint density at radius 2 is 2.03 bits per heavy atom. The first kappa shape index (κ1) is 22.8. The minimum Gasteiger partial charge on any atom is -0.459 e. The number of carbonyl (C=O) groups excluding carboxylic acids is 2. The van der Waals surface area contributed by atoms with Crippen molar-refractivity contribution in [2.75, 3.05) is 5.32 Å². The number of halogens is 3. The molecular weight excluding hydrogens is 443 g/mol. The Kier molecular flexibility index (Phi) is 6.33. The summed E-state index contributed by atoms with van der Waals surface area (Å²) < 4.78 is 46.1. The lowest BCUT2D eigenvalue weighted by Gasteiger charge is -2.15. The molecule has 0 spiro atoms. The predicted molar refractivity (Wildman–Crippen MR) is 114 cm³/mol. The highest BCUT2D eigenvalue weighted by Crippen LogP contribution is 2.42. The Hall–Kier alpha value is -2.36. The minimum atomic E-state index is -4.56. The molecule has 10 heteroatoms. The van der Waals surface area contributed by atoms with Gasteiger partial charge in [0.1, 0.15) is 11.5 Å². The lowest BCUT2D eigenvalue weighted by atomic mass is 9.95. The molecule has 1 amide bonds. The number of aromatic nitrogens is 2. The first-order chi connectivity index (χ1) is 15.2. The van der Waals surface area contributed by atoms with Crippen LogP contribution in [-0.4, -0.2) is 27.8 Å². The molecular formula is C22H26F3N3O3S. The molecule has 0 radical (unpaired) electrons. The quantitative estimate of drug-likeness (QED) is 0.558. The van der Waals surface area contributed by atoms with Crippen LogP contribution in [0.3, 0.4) is 0 Å². The maximum atomic E-state index is 13.1. The van der Waals surface area contributed by atoms with Gasteiger partial charge in [-0.2, -0.15) is 18.3 Å². The zero-order valence-corrected chi connectivity index (χ0v) is 18.9. The molecule has 0 bridgehead atoms. The van der Waals surface area contributed by atoms with E-state index in [1.54, 1.807) is 0 Å². The van der Waals surface area contributed by atoms with Crippen molar-refractivity contribution in [1.82, 2.24) is 9.78 Å². The Labute approximate surface area is 188 Å². The van der Waals surface area contributed by atoms with Crippen molar-refractivity contribution < 1.29 is 27.5 Å². The van der Waals surface area contributed by atoms with E-state index in [0.717, 1.165) is 59.7 Å². The van der Waals surface area contributed by atoms with E-state index in [0.29, 0.717) is 22.7 Å². The molecule has 1 atom stereocenters. The summed E-state index contributed by atoms with van der Waals surface area (Å²) in [6.45, 7) is 3.38. The van der Waals surface area contributed by atoms with Crippen LogP contribution in [0.1, 0.15) is 84.1 Å². The second-order valence-corrected chi connectivity index (χ2v) is 9.58. The molecule has 1 N–H and O–H groups in total. The van der Waals surface area contributed by atoms with Crippen LogP contribution in [0.4, 0.5) is 18.2 Å². The molecule has 2 heterocycles. The van der Waals surface area contributed by atoms with Crippen molar-refractivity contribution in [3.8, 4) is 0 Å². The highest BCUT2D eigenvalue weighted by atomic mass is 32.1. The van der Waals surface area contributed by atoms with Crippen molar-refractivity contribution in [2.45, 2.75) is 83.5 Å². The van der Waals surface area contributed by atoms with E-state index in [-0.39, 0.29) is 18.6 Å². The van der Waals surface area contributed by atoms with Crippen LogP contribution < -0.4 is 5.32 Å². The average molecular weight is 470 g/mol.